The van der Waals surface area contributed by atoms with Crippen LogP contribution in [0.25, 0.3) is 11.5 Å². The first-order valence-electron chi connectivity index (χ1n) is 10.5. The maximum Gasteiger partial charge on any atom is 0.236 e. The van der Waals surface area contributed by atoms with Gasteiger partial charge in [-0.2, -0.15) is 4.98 Å². The topological polar surface area (TPSA) is 63.4 Å². The predicted molar refractivity (Wildman–Crippen MR) is 124 cm³/mol. The molecule has 0 amide bonds. The molecular formula is C24H27ClN2O3S. The van der Waals surface area contributed by atoms with Crippen LogP contribution in [0.2, 0.25) is 5.02 Å². The predicted octanol–water partition coefficient (Wildman–Crippen LogP) is 6.12. The first-order valence-corrected chi connectivity index (χ1v) is 12.4. The molecule has 0 N–H and O–H groups in total. The van der Waals surface area contributed by atoms with Gasteiger partial charge in [0.1, 0.15) is 0 Å². The number of oxazole rings is 1. The lowest BCUT2D eigenvalue weighted by atomic mass is 9.87. The standard InChI is InChI=1S/C24H27ClN2O3S/c1-24(2,3)18-9-7-17(8-10-18)21-26-22(23(30-21)27-15-5-4-6-16-27)31(28,29)20-13-11-19(25)12-14-20/h7-14H,4-6,15-16H2,1-3H3. The number of hydrogen-bond donors (Lipinski definition) is 0. The summed E-state index contributed by atoms with van der Waals surface area (Å²) < 4.78 is 33.0. The van der Waals surface area contributed by atoms with E-state index in [2.05, 4.69) is 25.8 Å². The molecule has 0 aliphatic carbocycles. The highest BCUT2D eigenvalue weighted by atomic mass is 35.5. The molecule has 2 aromatic carbocycles. The number of anilines is 1. The van der Waals surface area contributed by atoms with Gasteiger partial charge in [-0.1, -0.05) is 44.5 Å². The zero-order chi connectivity index (χ0) is 22.2. The van der Waals surface area contributed by atoms with Crippen LogP contribution < -0.4 is 4.90 Å². The molecule has 164 valence electrons. The summed E-state index contributed by atoms with van der Waals surface area (Å²) in [5.74, 6) is 0.637. The molecule has 1 aromatic heterocycles. The highest BCUT2D eigenvalue weighted by Crippen LogP contribution is 2.36. The summed E-state index contributed by atoms with van der Waals surface area (Å²) in [5, 5.41) is 0.446. The van der Waals surface area contributed by atoms with Gasteiger partial charge in [0.2, 0.25) is 26.6 Å². The van der Waals surface area contributed by atoms with E-state index >= 15 is 0 Å². The molecule has 1 aliphatic rings. The fraction of sp³-hybridized carbons (Fsp3) is 0.375. The molecule has 0 bridgehead atoms. The van der Waals surface area contributed by atoms with Gasteiger partial charge in [0.05, 0.1) is 4.90 Å². The van der Waals surface area contributed by atoms with Crippen molar-refractivity contribution < 1.29 is 12.8 Å². The number of piperidine rings is 1. The third-order valence-electron chi connectivity index (χ3n) is 5.60. The van der Waals surface area contributed by atoms with Gasteiger partial charge in [0, 0.05) is 23.7 Å². The highest BCUT2D eigenvalue weighted by molar-refractivity contribution is 7.91. The summed E-state index contributed by atoms with van der Waals surface area (Å²) in [4.78, 5) is 6.63. The van der Waals surface area contributed by atoms with Crippen LogP contribution >= 0.6 is 11.6 Å². The fourth-order valence-corrected chi connectivity index (χ4v) is 5.18. The number of sulfone groups is 1. The Hall–Kier alpha value is -2.31. The Bertz CT molecular complexity index is 1160. The zero-order valence-electron chi connectivity index (χ0n) is 18.1. The van der Waals surface area contributed by atoms with E-state index in [1.165, 1.54) is 17.7 Å². The monoisotopic (exact) mass is 458 g/mol. The molecule has 0 radical (unpaired) electrons. The van der Waals surface area contributed by atoms with Crippen molar-refractivity contribution in [3.63, 3.8) is 0 Å². The summed E-state index contributed by atoms with van der Waals surface area (Å²) in [7, 11) is -3.86. The summed E-state index contributed by atoms with van der Waals surface area (Å²) in [5.41, 5.74) is 1.97. The minimum atomic E-state index is -3.86. The van der Waals surface area contributed by atoms with Gasteiger partial charge in [0.15, 0.2) is 0 Å². The molecule has 7 heteroatoms. The summed E-state index contributed by atoms with van der Waals surface area (Å²) >= 11 is 5.95. The Balaban J connectivity index is 1.80. The molecule has 0 saturated carbocycles. The molecule has 0 spiro atoms. The van der Waals surface area contributed by atoms with Crippen LogP contribution in [0.3, 0.4) is 0 Å². The van der Waals surface area contributed by atoms with Crippen molar-refractivity contribution in [3.8, 4) is 11.5 Å². The summed E-state index contributed by atoms with van der Waals surface area (Å²) in [6, 6.07) is 14.1. The van der Waals surface area contributed by atoms with E-state index in [-0.39, 0.29) is 15.3 Å². The lowest BCUT2D eigenvalue weighted by Crippen LogP contribution is -2.30. The van der Waals surface area contributed by atoms with Gasteiger partial charge in [-0.25, -0.2) is 8.42 Å². The Morgan fingerprint density at radius 3 is 2.13 bits per heavy atom. The van der Waals surface area contributed by atoms with Gasteiger partial charge in [-0.3, -0.25) is 0 Å². The van der Waals surface area contributed by atoms with Gasteiger partial charge < -0.3 is 9.32 Å². The molecule has 2 heterocycles. The number of nitrogens with zero attached hydrogens (tertiary/aromatic N) is 2. The number of aromatic nitrogens is 1. The SMILES string of the molecule is CC(C)(C)c1ccc(-c2nc(S(=O)(=O)c3ccc(Cl)cc3)c(N3CCCCC3)o2)cc1. The van der Waals surface area contributed by atoms with Crippen molar-refractivity contribution in [2.45, 2.75) is 55.4 Å². The van der Waals surface area contributed by atoms with E-state index in [4.69, 9.17) is 16.0 Å². The lowest BCUT2D eigenvalue weighted by molar-refractivity contribution is 0.499. The molecule has 0 atom stereocenters. The van der Waals surface area contributed by atoms with Crippen LogP contribution in [0.4, 0.5) is 5.88 Å². The first-order chi connectivity index (χ1) is 14.7. The number of benzene rings is 2. The quantitative estimate of drug-likeness (QED) is 0.471. The average Bonchev–Trinajstić information content (AvgIpc) is 3.21. The molecule has 1 fully saturated rings. The van der Waals surface area contributed by atoms with Crippen LogP contribution in [-0.4, -0.2) is 26.5 Å². The molecule has 1 saturated heterocycles. The van der Waals surface area contributed by atoms with E-state index in [1.807, 2.05) is 29.2 Å². The van der Waals surface area contributed by atoms with Crippen LogP contribution in [0.1, 0.15) is 45.6 Å². The minimum absolute atomic E-state index is 0.0250. The van der Waals surface area contributed by atoms with Gasteiger partial charge in [0.25, 0.3) is 0 Å². The highest BCUT2D eigenvalue weighted by Gasteiger charge is 2.32. The van der Waals surface area contributed by atoms with Crippen molar-refractivity contribution in [2.24, 2.45) is 0 Å². The number of halogens is 1. The Morgan fingerprint density at radius 2 is 1.55 bits per heavy atom. The Kier molecular flexibility index (Phi) is 5.88. The van der Waals surface area contributed by atoms with Crippen LogP contribution in [0.15, 0.2) is 62.9 Å². The minimum Gasteiger partial charge on any atom is -0.419 e. The normalized spacial score (nSPS) is 15.3. The molecule has 1 aliphatic heterocycles. The Labute approximate surface area is 189 Å². The second kappa shape index (κ2) is 8.32. The second-order valence-corrected chi connectivity index (χ2v) is 11.3. The van der Waals surface area contributed by atoms with Crippen molar-refractivity contribution in [2.75, 3.05) is 18.0 Å². The molecule has 3 aromatic rings. The van der Waals surface area contributed by atoms with Crippen molar-refractivity contribution in [1.82, 2.24) is 4.98 Å². The van der Waals surface area contributed by atoms with E-state index in [0.717, 1.165) is 37.9 Å². The maximum absolute atomic E-state index is 13.4. The van der Waals surface area contributed by atoms with Crippen molar-refractivity contribution in [1.29, 1.82) is 0 Å². The average molecular weight is 459 g/mol. The fourth-order valence-electron chi connectivity index (χ4n) is 3.73. The molecule has 0 unspecified atom stereocenters. The maximum atomic E-state index is 13.4. The van der Waals surface area contributed by atoms with E-state index in [9.17, 15) is 8.42 Å². The zero-order valence-corrected chi connectivity index (χ0v) is 19.6. The van der Waals surface area contributed by atoms with Gasteiger partial charge in [-0.15, -0.1) is 0 Å². The van der Waals surface area contributed by atoms with Crippen LogP contribution in [-0.2, 0) is 15.3 Å². The molecule has 5 nitrogen and oxygen atoms in total. The van der Waals surface area contributed by atoms with E-state index < -0.39 is 9.84 Å². The van der Waals surface area contributed by atoms with Crippen molar-refractivity contribution >= 4 is 27.3 Å². The van der Waals surface area contributed by atoms with Crippen molar-refractivity contribution in [3.05, 3.63) is 59.1 Å². The third-order valence-corrected chi connectivity index (χ3v) is 7.52. The van der Waals surface area contributed by atoms with Crippen LogP contribution in [0.5, 0.6) is 0 Å². The van der Waals surface area contributed by atoms with Gasteiger partial charge in [-0.05, 0) is 66.6 Å². The second-order valence-electron chi connectivity index (χ2n) is 8.96. The number of hydrogen-bond acceptors (Lipinski definition) is 5. The van der Waals surface area contributed by atoms with E-state index in [0.29, 0.717) is 16.8 Å². The third kappa shape index (κ3) is 4.51. The van der Waals surface area contributed by atoms with E-state index in [1.54, 1.807) is 12.1 Å². The molecule has 31 heavy (non-hydrogen) atoms. The number of rotatable bonds is 4. The first kappa shape index (κ1) is 21.9. The smallest absolute Gasteiger partial charge is 0.236 e. The largest absolute Gasteiger partial charge is 0.419 e. The molecular weight excluding hydrogens is 432 g/mol. The summed E-state index contributed by atoms with van der Waals surface area (Å²) in [6.45, 7) is 7.96. The van der Waals surface area contributed by atoms with Crippen LogP contribution in [0, 0.1) is 0 Å². The summed E-state index contributed by atoms with van der Waals surface area (Å²) in [6.07, 6.45) is 3.12. The lowest BCUT2D eigenvalue weighted by Gasteiger charge is -2.26. The molecule has 4 rings (SSSR count). The Morgan fingerprint density at radius 1 is 0.935 bits per heavy atom. The van der Waals surface area contributed by atoms with Gasteiger partial charge >= 0.3 is 0 Å².